The molecule has 0 aromatic heterocycles. The Morgan fingerprint density at radius 1 is 1.50 bits per heavy atom. The van der Waals surface area contributed by atoms with Gasteiger partial charge in [0.25, 0.3) is 0 Å². The van der Waals surface area contributed by atoms with Gasteiger partial charge in [-0.15, -0.1) is 0 Å². The molecule has 0 bridgehead atoms. The smallest absolute Gasteiger partial charge is 0.310 e. The molecule has 0 aliphatic carbocycles. The van der Waals surface area contributed by atoms with E-state index in [-0.39, 0.29) is 24.9 Å². The zero-order valence-corrected chi connectivity index (χ0v) is 10.2. The number of carboxylic acids is 1. The van der Waals surface area contributed by atoms with Crippen LogP contribution in [-0.4, -0.2) is 44.5 Å². The molecule has 1 aliphatic heterocycles. The molecule has 1 heterocycles. The summed E-state index contributed by atoms with van der Waals surface area (Å²) in [5, 5.41) is 8.85. The van der Waals surface area contributed by atoms with Crippen molar-refractivity contribution in [3.8, 4) is 0 Å². The molecule has 16 heavy (non-hydrogen) atoms. The van der Waals surface area contributed by atoms with Crippen molar-refractivity contribution in [3.05, 3.63) is 0 Å². The number of aliphatic carboxylic acids is 1. The first kappa shape index (κ1) is 13.4. The minimum absolute atomic E-state index is 0.00287. The number of rotatable bonds is 5. The molecule has 2 unspecified atom stereocenters. The Balaban J connectivity index is 2.63. The molecule has 0 saturated carbocycles. The molecule has 0 aromatic carbocycles. The number of carboxylic acid groups (broad SMARTS) is 1. The molecule has 1 saturated heterocycles. The van der Waals surface area contributed by atoms with Crippen LogP contribution in [0.15, 0.2) is 0 Å². The Morgan fingerprint density at radius 3 is 2.62 bits per heavy atom. The van der Waals surface area contributed by atoms with E-state index in [0.717, 1.165) is 0 Å². The predicted molar refractivity (Wildman–Crippen MR) is 57.5 cm³/mol. The normalized spacial score (nSPS) is 26.2. The van der Waals surface area contributed by atoms with E-state index in [9.17, 15) is 13.2 Å². The van der Waals surface area contributed by atoms with Gasteiger partial charge >= 0.3 is 5.97 Å². The van der Waals surface area contributed by atoms with Gasteiger partial charge in [0.15, 0.2) is 0 Å². The maximum atomic E-state index is 11.6. The molecule has 1 rings (SSSR count). The van der Waals surface area contributed by atoms with Gasteiger partial charge in [0, 0.05) is 0 Å². The molecule has 1 aliphatic rings. The van der Waals surface area contributed by atoms with Crippen molar-refractivity contribution in [1.29, 1.82) is 0 Å². The Morgan fingerprint density at radius 2 is 2.12 bits per heavy atom. The van der Waals surface area contributed by atoms with Crippen LogP contribution in [0.3, 0.4) is 0 Å². The number of carbonyl (C=O) groups is 1. The molecule has 7 heteroatoms. The van der Waals surface area contributed by atoms with Gasteiger partial charge in [-0.2, -0.15) is 0 Å². The highest BCUT2D eigenvalue weighted by atomic mass is 32.2. The first-order valence-corrected chi connectivity index (χ1v) is 6.77. The van der Waals surface area contributed by atoms with Gasteiger partial charge in [-0.1, -0.05) is 13.8 Å². The highest BCUT2D eigenvalue weighted by Gasteiger charge is 2.36. The number of hydrogen-bond acceptors (Lipinski definition) is 4. The van der Waals surface area contributed by atoms with E-state index in [2.05, 4.69) is 4.72 Å². The summed E-state index contributed by atoms with van der Waals surface area (Å²) in [5.74, 6) is -1.82. The third kappa shape index (κ3) is 3.73. The van der Waals surface area contributed by atoms with Gasteiger partial charge < -0.3 is 9.84 Å². The van der Waals surface area contributed by atoms with Crippen molar-refractivity contribution >= 4 is 16.0 Å². The van der Waals surface area contributed by atoms with Crippen LogP contribution in [0.4, 0.5) is 0 Å². The molecule has 0 radical (unpaired) electrons. The highest BCUT2D eigenvalue weighted by molar-refractivity contribution is 7.89. The molecule has 2 N–H and O–H groups in total. The third-order valence-corrected chi connectivity index (χ3v) is 4.05. The Hall–Kier alpha value is -0.660. The summed E-state index contributed by atoms with van der Waals surface area (Å²) >= 11 is 0. The van der Waals surface area contributed by atoms with Crippen LogP contribution in [0.1, 0.15) is 13.8 Å². The van der Waals surface area contributed by atoms with Crippen molar-refractivity contribution in [2.45, 2.75) is 19.9 Å². The molecule has 2 atom stereocenters. The summed E-state index contributed by atoms with van der Waals surface area (Å²) in [5.41, 5.74) is 0. The third-order valence-electron chi connectivity index (χ3n) is 2.28. The maximum absolute atomic E-state index is 11.6. The molecule has 6 nitrogen and oxygen atoms in total. The highest BCUT2D eigenvalue weighted by Crippen LogP contribution is 2.15. The lowest BCUT2D eigenvalue weighted by Gasteiger charge is -2.16. The van der Waals surface area contributed by atoms with Gasteiger partial charge in [0.1, 0.15) is 0 Å². The SMILES string of the molecule is CC(C)CS(=O)(=O)NC1COCC1C(=O)O. The summed E-state index contributed by atoms with van der Waals surface area (Å²) in [6.45, 7) is 3.76. The van der Waals surface area contributed by atoms with E-state index in [1.54, 1.807) is 13.8 Å². The van der Waals surface area contributed by atoms with Crippen molar-refractivity contribution in [2.75, 3.05) is 19.0 Å². The van der Waals surface area contributed by atoms with E-state index in [4.69, 9.17) is 9.84 Å². The van der Waals surface area contributed by atoms with Crippen molar-refractivity contribution in [3.63, 3.8) is 0 Å². The zero-order chi connectivity index (χ0) is 12.3. The first-order valence-electron chi connectivity index (χ1n) is 5.12. The van der Waals surface area contributed by atoms with Gasteiger partial charge in [-0.05, 0) is 5.92 Å². The van der Waals surface area contributed by atoms with Crippen molar-refractivity contribution < 1.29 is 23.1 Å². The lowest BCUT2D eigenvalue weighted by molar-refractivity contribution is -0.142. The summed E-state index contributed by atoms with van der Waals surface area (Å²) < 4.78 is 30.6. The molecular weight excluding hydrogens is 234 g/mol. The largest absolute Gasteiger partial charge is 0.481 e. The minimum atomic E-state index is -3.42. The van der Waals surface area contributed by atoms with Crippen LogP contribution in [0.2, 0.25) is 0 Å². The monoisotopic (exact) mass is 251 g/mol. The standard InChI is InChI=1S/C9H17NO5S/c1-6(2)5-16(13,14)10-8-4-15-3-7(8)9(11)12/h6-8,10H,3-5H2,1-2H3,(H,11,12). The van der Waals surface area contributed by atoms with Crippen LogP contribution >= 0.6 is 0 Å². The molecular formula is C9H17NO5S. The van der Waals surface area contributed by atoms with Crippen molar-refractivity contribution in [1.82, 2.24) is 4.72 Å². The molecule has 1 fully saturated rings. The molecule has 0 spiro atoms. The van der Waals surface area contributed by atoms with Crippen LogP contribution in [0, 0.1) is 11.8 Å². The van der Waals surface area contributed by atoms with E-state index in [1.165, 1.54) is 0 Å². The van der Waals surface area contributed by atoms with Crippen LogP contribution in [0.5, 0.6) is 0 Å². The fourth-order valence-electron chi connectivity index (χ4n) is 1.63. The number of nitrogens with one attached hydrogen (secondary N) is 1. The second-order valence-electron chi connectivity index (χ2n) is 4.38. The number of sulfonamides is 1. The lowest BCUT2D eigenvalue weighted by atomic mass is 10.1. The number of ether oxygens (including phenoxy) is 1. The quantitative estimate of drug-likeness (QED) is 0.697. The summed E-state index contributed by atoms with van der Waals surface area (Å²) in [6, 6.07) is -0.652. The average Bonchev–Trinajstić information content (AvgIpc) is 2.48. The Kier molecular flexibility index (Phi) is 4.28. The fraction of sp³-hybridized carbons (Fsp3) is 0.889. The van der Waals surface area contributed by atoms with E-state index in [0.29, 0.717) is 0 Å². The first-order chi connectivity index (χ1) is 7.32. The summed E-state index contributed by atoms with van der Waals surface area (Å²) in [4.78, 5) is 10.8. The van der Waals surface area contributed by atoms with E-state index in [1.807, 2.05) is 0 Å². The molecule has 0 aromatic rings. The Bertz CT molecular complexity index is 351. The zero-order valence-electron chi connectivity index (χ0n) is 9.34. The summed E-state index contributed by atoms with van der Waals surface area (Å²) in [6.07, 6.45) is 0. The topological polar surface area (TPSA) is 92.7 Å². The Labute approximate surface area is 95.0 Å². The van der Waals surface area contributed by atoms with Crippen LogP contribution in [0.25, 0.3) is 0 Å². The molecule has 94 valence electrons. The van der Waals surface area contributed by atoms with Crippen LogP contribution < -0.4 is 4.72 Å². The molecule has 0 amide bonds. The van der Waals surface area contributed by atoms with Gasteiger partial charge in [0.05, 0.1) is 30.9 Å². The van der Waals surface area contributed by atoms with Gasteiger partial charge in [-0.3, -0.25) is 4.79 Å². The second-order valence-corrected chi connectivity index (χ2v) is 6.18. The number of hydrogen-bond donors (Lipinski definition) is 2. The fourth-order valence-corrected chi connectivity index (χ4v) is 3.30. The van der Waals surface area contributed by atoms with Gasteiger partial charge in [0.2, 0.25) is 10.0 Å². The second kappa shape index (κ2) is 5.11. The van der Waals surface area contributed by atoms with Gasteiger partial charge in [-0.25, -0.2) is 13.1 Å². The average molecular weight is 251 g/mol. The van der Waals surface area contributed by atoms with Crippen LogP contribution in [-0.2, 0) is 19.6 Å². The minimum Gasteiger partial charge on any atom is -0.481 e. The van der Waals surface area contributed by atoms with E-state index >= 15 is 0 Å². The lowest BCUT2D eigenvalue weighted by Crippen LogP contribution is -2.44. The van der Waals surface area contributed by atoms with E-state index < -0.39 is 28.0 Å². The predicted octanol–water partition coefficient (Wildman–Crippen LogP) is -0.339. The maximum Gasteiger partial charge on any atom is 0.310 e. The van der Waals surface area contributed by atoms with Crippen molar-refractivity contribution in [2.24, 2.45) is 11.8 Å². The summed E-state index contributed by atoms with van der Waals surface area (Å²) in [7, 11) is -3.42.